The van der Waals surface area contributed by atoms with Gasteiger partial charge in [-0.05, 0) is 40.9 Å². The number of hydrogen-bond donors (Lipinski definition) is 1. The van der Waals surface area contributed by atoms with Crippen molar-refractivity contribution in [3.05, 3.63) is 28.7 Å². The number of hydrogen-bond acceptors (Lipinski definition) is 2. The molecular weight excluding hydrogens is 344 g/mol. The second kappa shape index (κ2) is 6.82. The van der Waals surface area contributed by atoms with Crippen LogP contribution < -0.4 is 10.2 Å². The van der Waals surface area contributed by atoms with Crippen LogP contribution in [-0.4, -0.2) is 24.4 Å². The summed E-state index contributed by atoms with van der Waals surface area (Å²) in [5, 5.41) is 3.14. The van der Waals surface area contributed by atoms with Crippen LogP contribution in [0.25, 0.3) is 0 Å². The Labute approximate surface area is 139 Å². The van der Waals surface area contributed by atoms with Gasteiger partial charge in [-0.3, -0.25) is 9.59 Å². The van der Waals surface area contributed by atoms with Crippen molar-refractivity contribution in [2.75, 3.05) is 11.4 Å². The maximum Gasteiger partial charge on any atom is 0.227 e. The molecule has 1 saturated heterocycles. The molecular formula is C17H21BrN2O2. The van der Waals surface area contributed by atoms with Crippen molar-refractivity contribution in [3.63, 3.8) is 0 Å². The first kappa shape index (κ1) is 15.5. The molecule has 1 aromatic rings. The minimum atomic E-state index is -0.235. The predicted octanol–water partition coefficient (Wildman–Crippen LogP) is 3.25. The summed E-state index contributed by atoms with van der Waals surface area (Å²) < 4.78 is 0.886. The fourth-order valence-electron chi connectivity index (χ4n) is 3.35. The molecule has 0 unspecified atom stereocenters. The highest BCUT2D eigenvalue weighted by Gasteiger charge is 2.36. The minimum absolute atomic E-state index is 0.0238. The number of rotatable bonds is 3. The van der Waals surface area contributed by atoms with Gasteiger partial charge in [0.1, 0.15) is 0 Å². The fraction of sp³-hybridized carbons (Fsp3) is 0.529. The Morgan fingerprint density at radius 1 is 1.18 bits per heavy atom. The smallest absolute Gasteiger partial charge is 0.227 e. The van der Waals surface area contributed by atoms with Gasteiger partial charge < -0.3 is 10.2 Å². The molecule has 0 aromatic heterocycles. The summed E-state index contributed by atoms with van der Waals surface area (Å²) in [4.78, 5) is 26.4. The molecule has 2 aliphatic rings. The molecule has 1 heterocycles. The van der Waals surface area contributed by atoms with Crippen LogP contribution in [0.1, 0.15) is 38.5 Å². The van der Waals surface area contributed by atoms with Gasteiger partial charge in [-0.2, -0.15) is 0 Å². The van der Waals surface area contributed by atoms with E-state index in [0.717, 1.165) is 23.0 Å². The van der Waals surface area contributed by atoms with E-state index >= 15 is 0 Å². The molecule has 0 radical (unpaired) electrons. The molecule has 0 bridgehead atoms. The van der Waals surface area contributed by atoms with Gasteiger partial charge in [0, 0.05) is 23.5 Å². The summed E-state index contributed by atoms with van der Waals surface area (Å²) >= 11 is 3.48. The number of para-hydroxylation sites is 1. The lowest BCUT2D eigenvalue weighted by Crippen LogP contribution is -2.40. The molecule has 1 atom stereocenters. The number of carbonyl (C=O) groups excluding carboxylic acids is 2. The number of nitrogens with zero attached hydrogens (tertiary/aromatic N) is 1. The molecule has 0 spiro atoms. The normalized spacial score (nSPS) is 22.9. The first-order valence-electron chi connectivity index (χ1n) is 8.00. The average molecular weight is 365 g/mol. The summed E-state index contributed by atoms with van der Waals surface area (Å²) in [6, 6.07) is 7.94. The highest BCUT2D eigenvalue weighted by molar-refractivity contribution is 9.10. The summed E-state index contributed by atoms with van der Waals surface area (Å²) in [7, 11) is 0. The first-order valence-corrected chi connectivity index (χ1v) is 8.79. The first-order chi connectivity index (χ1) is 10.6. The number of carbonyl (C=O) groups is 2. The Bertz CT molecular complexity index is 570. The lowest BCUT2D eigenvalue weighted by Gasteiger charge is -2.24. The number of amides is 2. The van der Waals surface area contributed by atoms with E-state index in [-0.39, 0.29) is 17.7 Å². The van der Waals surface area contributed by atoms with E-state index in [1.165, 1.54) is 19.3 Å². The van der Waals surface area contributed by atoms with Gasteiger partial charge in [0.25, 0.3) is 0 Å². The summed E-state index contributed by atoms with van der Waals surface area (Å²) in [6.45, 7) is 0.472. The van der Waals surface area contributed by atoms with Gasteiger partial charge in [-0.15, -0.1) is 0 Å². The topological polar surface area (TPSA) is 49.4 Å². The molecule has 2 amide bonds. The Kier molecular flexibility index (Phi) is 4.81. The van der Waals surface area contributed by atoms with Gasteiger partial charge in [0.05, 0.1) is 11.6 Å². The van der Waals surface area contributed by atoms with Crippen LogP contribution in [0.5, 0.6) is 0 Å². The van der Waals surface area contributed by atoms with E-state index in [1.807, 2.05) is 24.3 Å². The second-order valence-corrected chi connectivity index (χ2v) is 7.05. The number of anilines is 1. The second-order valence-electron chi connectivity index (χ2n) is 6.20. The summed E-state index contributed by atoms with van der Waals surface area (Å²) in [6.07, 6.45) is 6.10. The molecule has 118 valence electrons. The fourth-order valence-corrected chi connectivity index (χ4v) is 3.85. The van der Waals surface area contributed by atoms with Crippen LogP contribution in [0.3, 0.4) is 0 Å². The largest absolute Gasteiger partial charge is 0.353 e. The number of halogens is 1. The van der Waals surface area contributed by atoms with E-state index in [1.54, 1.807) is 4.90 Å². The molecule has 1 aliphatic heterocycles. The molecule has 4 nitrogen and oxygen atoms in total. The zero-order valence-corrected chi connectivity index (χ0v) is 14.1. The van der Waals surface area contributed by atoms with Gasteiger partial charge in [0.15, 0.2) is 0 Å². The maximum absolute atomic E-state index is 12.4. The molecule has 1 aliphatic carbocycles. The standard InChI is InChI=1S/C17H21BrN2O2/c18-14-8-4-5-9-15(14)20-11-12(10-16(20)21)17(22)19-13-6-2-1-3-7-13/h4-5,8-9,12-13H,1-3,6-7,10-11H2,(H,19,22)/t12-/m1/s1. The van der Waals surface area contributed by atoms with Crippen LogP contribution in [0.4, 0.5) is 5.69 Å². The Balaban J connectivity index is 1.64. The summed E-state index contributed by atoms with van der Waals surface area (Å²) in [5.74, 6) is -0.174. The third-order valence-corrected chi connectivity index (χ3v) is 5.26. The SMILES string of the molecule is O=C(NC1CCCCC1)[C@@H]1CC(=O)N(c2ccccc2Br)C1. The van der Waals surface area contributed by atoms with Crippen molar-refractivity contribution in [2.24, 2.45) is 5.92 Å². The summed E-state index contributed by atoms with van der Waals surface area (Å²) in [5.41, 5.74) is 0.848. The quantitative estimate of drug-likeness (QED) is 0.894. The number of nitrogens with one attached hydrogen (secondary N) is 1. The highest BCUT2D eigenvalue weighted by Crippen LogP contribution is 2.31. The van der Waals surface area contributed by atoms with Crippen LogP contribution >= 0.6 is 15.9 Å². The third-order valence-electron chi connectivity index (χ3n) is 4.59. The molecule has 1 aromatic carbocycles. The van der Waals surface area contributed by atoms with Gasteiger partial charge in [-0.1, -0.05) is 31.4 Å². The van der Waals surface area contributed by atoms with Crippen molar-refractivity contribution in [3.8, 4) is 0 Å². The zero-order chi connectivity index (χ0) is 15.5. The van der Waals surface area contributed by atoms with E-state index in [4.69, 9.17) is 0 Å². The van der Waals surface area contributed by atoms with Crippen LogP contribution in [0, 0.1) is 5.92 Å². The lowest BCUT2D eigenvalue weighted by atomic mass is 9.95. The average Bonchev–Trinajstić information content (AvgIpc) is 2.91. The van der Waals surface area contributed by atoms with Crippen molar-refractivity contribution < 1.29 is 9.59 Å². The zero-order valence-electron chi connectivity index (χ0n) is 12.6. The lowest BCUT2D eigenvalue weighted by molar-refractivity contribution is -0.127. The van der Waals surface area contributed by atoms with Crippen molar-refractivity contribution in [1.29, 1.82) is 0 Å². The van der Waals surface area contributed by atoms with Crippen LogP contribution in [0.15, 0.2) is 28.7 Å². The third kappa shape index (κ3) is 3.35. The van der Waals surface area contributed by atoms with Crippen molar-refractivity contribution in [1.82, 2.24) is 5.32 Å². The van der Waals surface area contributed by atoms with Crippen LogP contribution in [0.2, 0.25) is 0 Å². The van der Waals surface area contributed by atoms with E-state index in [9.17, 15) is 9.59 Å². The minimum Gasteiger partial charge on any atom is -0.353 e. The molecule has 1 N–H and O–H groups in total. The van der Waals surface area contributed by atoms with Gasteiger partial charge in [-0.25, -0.2) is 0 Å². The molecule has 1 saturated carbocycles. The molecule has 3 rings (SSSR count). The monoisotopic (exact) mass is 364 g/mol. The predicted molar refractivity (Wildman–Crippen MR) is 89.6 cm³/mol. The highest BCUT2D eigenvalue weighted by atomic mass is 79.9. The molecule has 5 heteroatoms. The Hall–Kier alpha value is -1.36. The van der Waals surface area contributed by atoms with E-state index < -0.39 is 0 Å². The van der Waals surface area contributed by atoms with Crippen LogP contribution in [-0.2, 0) is 9.59 Å². The van der Waals surface area contributed by atoms with E-state index in [0.29, 0.717) is 19.0 Å². The van der Waals surface area contributed by atoms with Crippen molar-refractivity contribution in [2.45, 2.75) is 44.6 Å². The molecule has 2 fully saturated rings. The molecule has 22 heavy (non-hydrogen) atoms. The maximum atomic E-state index is 12.4. The Morgan fingerprint density at radius 3 is 2.64 bits per heavy atom. The van der Waals surface area contributed by atoms with Gasteiger partial charge in [0.2, 0.25) is 11.8 Å². The number of benzene rings is 1. The van der Waals surface area contributed by atoms with E-state index in [2.05, 4.69) is 21.2 Å². The van der Waals surface area contributed by atoms with Gasteiger partial charge >= 0.3 is 0 Å². The van der Waals surface area contributed by atoms with Crippen molar-refractivity contribution >= 4 is 33.4 Å². The Morgan fingerprint density at radius 2 is 1.91 bits per heavy atom.